The fourth-order valence-corrected chi connectivity index (χ4v) is 1.65. The summed E-state index contributed by atoms with van der Waals surface area (Å²) in [5, 5.41) is 25.8. The molecule has 1 aliphatic rings. The molecule has 80 valence electrons. The van der Waals surface area contributed by atoms with E-state index in [4.69, 9.17) is 5.26 Å². The fraction of sp³-hybridized carbons (Fsp3) is 0.700. The molecule has 2 rings (SSSR count). The second kappa shape index (κ2) is 3.63. The lowest BCUT2D eigenvalue weighted by Gasteiger charge is -2.11. The molecule has 0 amide bonds. The summed E-state index contributed by atoms with van der Waals surface area (Å²) in [6.07, 6.45) is 2.41. The van der Waals surface area contributed by atoms with E-state index in [0.717, 1.165) is 24.2 Å². The van der Waals surface area contributed by atoms with Gasteiger partial charge in [-0.05, 0) is 19.8 Å². The first kappa shape index (κ1) is 10.1. The third-order valence-corrected chi connectivity index (χ3v) is 3.10. The maximum atomic E-state index is 9.21. The number of hydrogen-bond donors (Lipinski definition) is 1. The van der Waals surface area contributed by atoms with E-state index in [9.17, 15) is 5.11 Å². The molecule has 1 heterocycles. The van der Waals surface area contributed by atoms with Crippen molar-refractivity contribution in [3.8, 4) is 6.07 Å². The van der Waals surface area contributed by atoms with Crippen molar-refractivity contribution in [3.05, 3.63) is 11.4 Å². The standard InChI is InChI=1S/C10H14N4O/c1-8-9(2-5-11)12-13-14(8)6-10(7-15)3-4-10/h15H,2-4,6-7H2,1H3. The Labute approximate surface area is 88.3 Å². The van der Waals surface area contributed by atoms with E-state index in [-0.39, 0.29) is 12.0 Å². The van der Waals surface area contributed by atoms with Crippen molar-refractivity contribution in [2.45, 2.75) is 32.7 Å². The van der Waals surface area contributed by atoms with Crippen molar-refractivity contribution >= 4 is 0 Å². The lowest BCUT2D eigenvalue weighted by Crippen LogP contribution is -2.17. The molecule has 0 bridgehead atoms. The van der Waals surface area contributed by atoms with Crippen LogP contribution in [0, 0.1) is 23.7 Å². The van der Waals surface area contributed by atoms with Crippen LogP contribution in [0.5, 0.6) is 0 Å². The Balaban J connectivity index is 2.13. The molecule has 0 radical (unpaired) electrons. The average molecular weight is 206 g/mol. The van der Waals surface area contributed by atoms with E-state index >= 15 is 0 Å². The molecule has 0 atom stereocenters. The topological polar surface area (TPSA) is 74.7 Å². The van der Waals surface area contributed by atoms with E-state index in [2.05, 4.69) is 16.4 Å². The molecule has 0 saturated heterocycles. The summed E-state index contributed by atoms with van der Waals surface area (Å²) in [6.45, 7) is 2.84. The first-order valence-corrected chi connectivity index (χ1v) is 5.07. The second-order valence-electron chi connectivity index (χ2n) is 4.27. The van der Waals surface area contributed by atoms with Crippen LogP contribution in [0.4, 0.5) is 0 Å². The lowest BCUT2D eigenvalue weighted by atomic mass is 10.1. The molecule has 5 nitrogen and oxygen atoms in total. The van der Waals surface area contributed by atoms with Crippen molar-refractivity contribution < 1.29 is 5.11 Å². The lowest BCUT2D eigenvalue weighted by molar-refractivity contribution is 0.189. The smallest absolute Gasteiger partial charge is 0.0996 e. The summed E-state index contributed by atoms with van der Waals surface area (Å²) in [5.41, 5.74) is 1.71. The SMILES string of the molecule is Cc1c(CC#N)nnn1CC1(CO)CC1. The molecule has 0 unspecified atom stereocenters. The predicted molar refractivity (Wildman–Crippen MR) is 52.8 cm³/mol. The van der Waals surface area contributed by atoms with Gasteiger partial charge < -0.3 is 5.11 Å². The zero-order valence-electron chi connectivity index (χ0n) is 8.77. The van der Waals surface area contributed by atoms with Gasteiger partial charge in [0.2, 0.25) is 0 Å². The van der Waals surface area contributed by atoms with Crippen LogP contribution in [0.15, 0.2) is 0 Å². The maximum absolute atomic E-state index is 9.21. The van der Waals surface area contributed by atoms with Gasteiger partial charge in [-0.25, -0.2) is 4.68 Å². The molecule has 1 aliphatic carbocycles. The van der Waals surface area contributed by atoms with Gasteiger partial charge >= 0.3 is 0 Å². The van der Waals surface area contributed by atoms with Crippen LogP contribution in [-0.2, 0) is 13.0 Å². The number of nitriles is 1. The number of aliphatic hydroxyl groups is 1. The molecule has 0 aliphatic heterocycles. The van der Waals surface area contributed by atoms with Crippen LogP contribution < -0.4 is 0 Å². The molecule has 0 spiro atoms. The molecule has 1 aromatic heterocycles. The number of aromatic nitrogens is 3. The van der Waals surface area contributed by atoms with E-state index in [0.29, 0.717) is 13.0 Å². The van der Waals surface area contributed by atoms with Crippen LogP contribution >= 0.6 is 0 Å². The van der Waals surface area contributed by atoms with Gasteiger partial charge in [-0.1, -0.05) is 5.21 Å². The summed E-state index contributed by atoms with van der Waals surface area (Å²) < 4.78 is 1.80. The Morgan fingerprint density at radius 1 is 1.60 bits per heavy atom. The molecule has 1 saturated carbocycles. The third kappa shape index (κ3) is 1.85. The molecule has 0 aromatic carbocycles. The largest absolute Gasteiger partial charge is 0.396 e. The Bertz CT molecular complexity index is 400. The van der Waals surface area contributed by atoms with Gasteiger partial charge in [-0.15, -0.1) is 5.10 Å². The first-order valence-electron chi connectivity index (χ1n) is 5.07. The highest BCUT2D eigenvalue weighted by atomic mass is 16.3. The number of nitrogens with zero attached hydrogens (tertiary/aromatic N) is 4. The second-order valence-corrected chi connectivity index (χ2v) is 4.27. The monoisotopic (exact) mass is 206 g/mol. The highest BCUT2D eigenvalue weighted by Crippen LogP contribution is 2.46. The number of rotatable bonds is 4. The Morgan fingerprint density at radius 2 is 2.33 bits per heavy atom. The Hall–Kier alpha value is -1.41. The zero-order chi connectivity index (χ0) is 10.9. The Kier molecular flexibility index (Phi) is 2.45. The van der Waals surface area contributed by atoms with Crippen LogP contribution in [0.25, 0.3) is 0 Å². The predicted octanol–water partition coefficient (Wildman–Crippen LogP) is 0.425. The van der Waals surface area contributed by atoms with Gasteiger partial charge in [0.25, 0.3) is 0 Å². The van der Waals surface area contributed by atoms with Crippen molar-refractivity contribution in [1.82, 2.24) is 15.0 Å². The van der Waals surface area contributed by atoms with E-state index in [1.807, 2.05) is 6.92 Å². The highest BCUT2D eigenvalue weighted by molar-refractivity contribution is 5.12. The molecule has 1 aromatic rings. The highest BCUT2D eigenvalue weighted by Gasteiger charge is 2.43. The third-order valence-electron chi connectivity index (χ3n) is 3.10. The molecule has 15 heavy (non-hydrogen) atoms. The van der Waals surface area contributed by atoms with Gasteiger partial charge in [0, 0.05) is 5.41 Å². The quantitative estimate of drug-likeness (QED) is 0.775. The van der Waals surface area contributed by atoms with Crippen molar-refractivity contribution in [2.75, 3.05) is 6.61 Å². The van der Waals surface area contributed by atoms with Crippen LogP contribution in [-0.4, -0.2) is 26.7 Å². The van der Waals surface area contributed by atoms with E-state index in [1.54, 1.807) is 4.68 Å². The Morgan fingerprint density at radius 3 is 2.87 bits per heavy atom. The molecule has 1 fully saturated rings. The van der Waals surface area contributed by atoms with E-state index in [1.165, 1.54) is 0 Å². The number of hydrogen-bond acceptors (Lipinski definition) is 4. The molecule has 1 N–H and O–H groups in total. The summed E-state index contributed by atoms with van der Waals surface area (Å²) >= 11 is 0. The van der Waals surface area contributed by atoms with Gasteiger partial charge in [0.15, 0.2) is 0 Å². The van der Waals surface area contributed by atoms with Gasteiger partial charge in [-0.2, -0.15) is 5.26 Å². The summed E-state index contributed by atoms with van der Waals surface area (Å²) in [7, 11) is 0. The van der Waals surface area contributed by atoms with E-state index < -0.39 is 0 Å². The van der Waals surface area contributed by atoms with Gasteiger partial charge in [0.05, 0.1) is 37.0 Å². The van der Waals surface area contributed by atoms with Gasteiger partial charge in [0.1, 0.15) is 0 Å². The molecule has 5 heteroatoms. The average Bonchev–Trinajstić information content (AvgIpc) is 2.94. The minimum atomic E-state index is 0.0301. The van der Waals surface area contributed by atoms with Crippen molar-refractivity contribution in [3.63, 3.8) is 0 Å². The zero-order valence-corrected chi connectivity index (χ0v) is 8.77. The summed E-state index contributed by atoms with van der Waals surface area (Å²) in [6, 6.07) is 2.07. The van der Waals surface area contributed by atoms with Crippen molar-refractivity contribution in [2.24, 2.45) is 5.41 Å². The minimum Gasteiger partial charge on any atom is -0.396 e. The molecular weight excluding hydrogens is 192 g/mol. The minimum absolute atomic E-state index is 0.0301. The first-order chi connectivity index (χ1) is 7.21. The summed E-state index contributed by atoms with van der Waals surface area (Å²) in [5.74, 6) is 0. The van der Waals surface area contributed by atoms with Crippen LogP contribution in [0.3, 0.4) is 0 Å². The van der Waals surface area contributed by atoms with Gasteiger partial charge in [-0.3, -0.25) is 0 Å². The summed E-state index contributed by atoms with van der Waals surface area (Å²) in [4.78, 5) is 0. The maximum Gasteiger partial charge on any atom is 0.0996 e. The van der Waals surface area contributed by atoms with Crippen LogP contribution in [0.2, 0.25) is 0 Å². The molecular formula is C10H14N4O. The normalized spacial score (nSPS) is 17.4. The van der Waals surface area contributed by atoms with Crippen molar-refractivity contribution in [1.29, 1.82) is 5.26 Å². The number of aliphatic hydroxyl groups excluding tert-OH is 1. The fourth-order valence-electron chi connectivity index (χ4n) is 1.65. The van der Waals surface area contributed by atoms with Crippen LogP contribution in [0.1, 0.15) is 24.2 Å².